The summed E-state index contributed by atoms with van der Waals surface area (Å²) in [7, 11) is 0. The average Bonchev–Trinajstić information content (AvgIpc) is 2.40. The lowest BCUT2D eigenvalue weighted by Gasteiger charge is -2.11. The monoisotopic (exact) mass is 294 g/mol. The van der Waals surface area contributed by atoms with Crippen molar-refractivity contribution in [3.8, 4) is 0 Å². The number of aryl methyl sites for hydroxylation is 1. The highest BCUT2D eigenvalue weighted by molar-refractivity contribution is 6.33. The molecular formula is C14H16ClFN4. The summed E-state index contributed by atoms with van der Waals surface area (Å²) in [5.41, 5.74) is 0.478. The van der Waals surface area contributed by atoms with Gasteiger partial charge in [0.2, 0.25) is 0 Å². The van der Waals surface area contributed by atoms with Crippen molar-refractivity contribution >= 4 is 28.9 Å². The molecule has 0 bridgehead atoms. The summed E-state index contributed by atoms with van der Waals surface area (Å²) in [6, 6.07) is 5.92. The fourth-order valence-electron chi connectivity index (χ4n) is 1.71. The van der Waals surface area contributed by atoms with Crippen molar-refractivity contribution in [3.63, 3.8) is 0 Å². The number of rotatable bonds is 5. The minimum atomic E-state index is -0.355. The Labute approximate surface area is 122 Å². The average molecular weight is 295 g/mol. The summed E-state index contributed by atoms with van der Waals surface area (Å²) < 4.78 is 13.2. The predicted octanol–water partition coefficient (Wildman–Crippen LogP) is 4.14. The van der Waals surface area contributed by atoms with E-state index in [0.29, 0.717) is 22.4 Å². The Morgan fingerprint density at radius 3 is 2.70 bits per heavy atom. The number of halogens is 2. The van der Waals surface area contributed by atoms with Gasteiger partial charge in [0.05, 0.1) is 10.7 Å². The van der Waals surface area contributed by atoms with Crippen LogP contribution in [-0.2, 0) is 0 Å². The lowest BCUT2D eigenvalue weighted by Crippen LogP contribution is -2.05. The molecule has 0 aliphatic carbocycles. The molecule has 20 heavy (non-hydrogen) atoms. The van der Waals surface area contributed by atoms with Gasteiger partial charge in [0, 0.05) is 12.6 Å². The van der Waals surface area contributed by atoms with Crippen LogP contribution >= 0.6 is 11.6 Å². The molecule has 1 aromatic carbocycles. The fraction of sp³-hybridized carbons (Fsp3) is 0.286. The molecule has 0 aliphatic rings. The molecule has 0 radical (unpaired) electrons. The molecule has 2 aromatic rings. The van der Waals surface area contributed by atoms with E-state index in [1.165, 1.54) is 18.2 Å². The molecule has 0 spiro atoms. The van der Waals surface area contributed by atoms with Crippen LogP contribution in [0, 0.1) is 12.7 Å². The molecule has 2 N–H and O–H groups in total. The second-order valence-corrected chi connectivity index (χ2v) is 4.77. The fourth-order valence-corrected chi connectivity index (χ4v) is 1.87. The van der Waals surface area contributed by atoms with Crippen LogP contribution in [0.25, 0.3) is 0 Å². The number of aromatic nitrogens is 2. The number of nitrogens with one attached hydrogen (secondary N) is 2. The first-order valence-corrected chi connectivity index (χ1v) is 6.78. The Bertz CT molecular complexity index is 604. The third-order valence-corrected chi connectivity index (χ3v) is 2.91. The third kappa shape index (κ3) is 3.81. The lowest BCUT2D eigenvalue weighted by atomic mass is 10.3. The van der Waals surface area contributed by atoms with Gasteiger partial charge in [-0.25, -0.2) is 14.4 Å². The van der Waals surface area contributed by atoms with E-state index in [4.69, 9.17) is 11.6 Å². The van der Waals surface area contributed by atoms with Crippen LogP contribution in [0.4, 0.5) is 21.7 Å². The topological polar surface area (TPSA) is 49.8 Å². The second kappa shape index (κ2) is 6.52. The van der Waals surface area contributed by atoms with Crippen LogP contribution < -0.4 is 10.6 Å². The van der Waals surface area contributed by atoms with Crippen molar-refractivity contribution in [3.05, 3.63) is 40.9 Å². The molecule has 0 saturated carbocycles. The first-order valence-electron chi connectivity index (χ1n) is 6.40. The second-order valence-electron chi connectivity index (χ2n) is 4.36. The van der Waals surface area contributed by atoms with E-state index in [0.717, 1.165) is 18.8 Å². The zero-order chi connectivity index (χ0) is 14.5. The molecule has 0 amide bonds. The van der Waals surface area contributed by atoms with Crippen molar-refractivity contribution in [1.29, 1.82) is 0 Å². The molecule has 2 rings (SSSR count). The highest BCUT2D eigenvalue weighted by atomic mass is 35.5. The van der Waals surface area contributed by atoms with E-state index in [1.807, 2.05) is 0 Å². The minimum absolute atomic E-state index is 0.355. The summed E-state index contributed by atoms with van der Waals surface area (Å²) in [6.45, 7) is 4.71. The summed E-state index contributed by atoms with van der Waals surface area (Å²) in [4.78, 5) is 8.55. The first-order chi connectivity index (χ1) is 9.58. The van der Waals surface area contributed by atoms with Gasteiger partial charge in [-0.2, -0.15) is 0 Å². The molecule has 0 atom stereocenters. The predicted molar refractivity (Wildman–Crippen MR) is 80.2 cm³/mol. The smallest absolute Gasteiger partial charge is 0.136 e. The van der Waals surface area contributed by atoms with Crippen molar-refractivity contribution in [2.45, 2.75) is 20.3 Å². The zero-order valence-corrected chi connectivity index (χ0v) is 12.1. The number of nitrogens with zero attached hydrogens (tertiary/aromatic N) is 2. The van der Waals surface area contributed by atoms with Crippen LogP contribution in [-0.4, -0.2) is 16.5 Å². The van der Waals surface area contributed by atoms with Crippen molar-refractivity contribution in [2.24, 2.45) is 0 Å². The molecule has 0 saturated heterocycles. The number of hydrogen-bond acceptors (Lipinski definition) is 4. The van der Waals surface area contributed by atoms with E-state index in [1.54, 1.807) is 13.0 Å². The van der Waals surface area contributed by atoms with Gasteiger partial charge in [-0.3, -0.25) is 0 Å². The molecule has 106 valence electrons. The SMILES string of the molecule is CCCNc1cc(Nc2cc(F)ccc2Cl)nc(C)n1. The summed E-state index contributed by atoms with van der Waals surface area (Å²) >= 11 is 6.02. The molecule has 0 fully saturated rings. The maximum atomic E-state index is 13.2. The minimum Gasteiger partial charge on any atom is -0.370 e. The maximum Gasteiger partial charge on any atom is 0.136 e. The third-order valence-electron chi connectivity index (χ3n) is 2.59. The van der Waals surface area contributed by atoms with Gasteiger partial charge in [0.25, 0.3) is 0 Å². The first kappa shape index (κ1) is 14.5. The van der Waals surface area contributed by atoms with Crippen LogP contribution in [0.3, 0.4) is 0 Å². The number of benzene rings is 1. The molecule has 1 heterocycles. The summed E-state index contributed by atoms with van der Waals surface area (Å²) in [5.74, 6) is 1.58. The highest BCUT2D eigenvalue weighted by Crippen LogP contribution is 2.26. The Morgan fingerprint density at radius 1 is 1.20 bits per heavy atom. The summed E-state index contributed by atoms with van der Waals surface area (Å²) in [5, 5.41) is 6.63. The standard InChI is InChI=1S/C14H16ClFN4/c1-3-6-17-13-8-14(19-9(2)18-13)20-12-7-10(16)4-5-11(12)15/h4-5,7-8H,3,6H2,1-2H3,(H2,17,18,19,20). The summed E-state index contributed by atoms with van der Waals surface area (Å²) in [6.07, 6.45) is 1.00. The molecule has 0 aliphatic heterocycles. The van der Waals surface area contributed by atoms with Gasteiger partial charge < -0.3 is 10.6 Å². The maximum absolute atomic E-state index is 13.2. The van der Waals surface area contributed by atoms with Crippen LogP contribution in [0.5, 0.6) is 0 Å². The van der Waals surface area contributed by atoms with Gasteiger partial charge in [0.1, 0.15) is 23.3 Å². The van der Waals surface area contributed by atoms with E-state index in [9.17, 15) is 4.39 Å². The Balaban J connectivity index is 2.24. The molecule has 1 aromatic heterocycles. The van der Waals surface area contributed by atoms with Crippen LogP contribution in [0.2, 0.25) is 5.02 Å². The molecule has 0 unspecified atom stereocenters. The van der Waals surface area contributed by atoms with E-state index in [-0.39, 0.29) is 5.82 Å². The largest absolute Gasteiger partial charge is 0.370 e. The van der Waals surface area contributed by atoms with E-state index < -0.39 is 0 Å². The quantitative estimate of drug-likeness (QED) is 0.870. The van der Waals surface area contributed by atoms with Gasteiger partial charge >= 0.3 is 0 Å². The van der Waals surface area contributed by atoms with E-state index >= 15 is 0 Å². The van der Waals surface area contributed by atoms with Crippen molar-refractivity contribution < 1.29 is 4.39 Å². The van der Waals surface area contributed by atoms with Gasteiger partial charge in [-0.1, -0.05) is 18.5 Å². The Hall–Kier alpha value is -1.88. The van der Waals surface area contributed by atoms with Gasteiger partial charge in [-0.15, -0.1) is 0 Å². The van der Waals surface area contributed by atoms with E-state index in [2.05, 4.69) is 27.5 Å². The van der Waals surface area contributed by atoms with Crippen molar-refractivity contribution in [2.75, 3.05) is 17.2 Å². The normalized spacial score (nSPS) is 10.4. The zero-order valence-electron chi connectivity index (χ0n) is 11.4. The molecular weight excluding hydrogens is 279 g/mol. The number of anilines is 3. The van der Waals surface area contributed by atoms with Gasteiger partial charge in [-0.05, 0) is 31.5 Å². The lowest BCUT2D eigenvalue weighted by molar-refractivity contribution is 0.628. The molecule has 4 nitrogen and oxygen atoms in total. The Kier molecular flexibility index (Phi) is 4.74. The van der Waals surface area contributed by atoms with Gasteiger partial charge in [0.15, 0.2) is 0 Å². The number of hydrogen-bond donors (Lipinski definition) is 2. The molecule has 6 heteroatoms. The van der Waals surface area contributed by atoms with Crippen molar-refractivity contribution in [1.82, 2.24) is 9.97 Å². The van der Waals surface area contributed by atoms with Crippen LogP contribution in [0.1, 0.15) is 19.2 Å². The van der Waals surface area contributed by atoms with Crippen LogP contribution in [0.15, 0.2) is 24.3 Å². The highest BCUT2D eigenvalue weighted by Gasteiger charge is 2.06. The Morgan fingerprint density at radius 2 is 1.95 bits per heavy atom.